The predicted molar refractivity (Wildman–Crippen MR) is 73.8 cm³/mol. The average Bonchev–Trinajstić information content (AvgIpc) is 2.90. The van der Waals surface area contributed by atoms with E-state index in [1.807, 2.05) is 35.8 Å². The lowest BCUT2D eigenvalue weighted by atomic mass is 10.0. The molecule has 3 rings (SSSR count). The van der Waals surface area contributed by atoms with Crippen molar-refractivity contribution in [1.29, 1.82) is 0 Å². The summed E-state index contributed by atoms with van der Waals surface area (Å²) in [6.07, 6.45) is 7.22. The molecule has 1 aromatic carbocycles. The van der Waals surface area contributed by atoms with Gasteiger partial charge in [-0.25, -0.2) is 4.79 Å². The highest BCUT2D eigenvalue weighted by Gasteiger charge is 2.21. The Labute approximate surface area is 116 Å². The number of rotatable bonds is 2. The number of carbonyl (C=O) groups is 1. The molecule has 0 fully saturated rings. The third-order valence-corrected chi connectivity index (χ3v) is 4.68. The van der Waals surface area contributed by atoms with Crippen LogP contribution in [0.1, 0.15) is 33.6 Å². The predicted octanol–water partition coefficient (Wildman–Crippen LogP) is 2.69. The number of ether oxygens (including phenoxy) is 1. The summed E-state index contributed by atoms with van der Waals surface area (Å²) in [4.78, 5) is 12.9. The zero-order valence-corrected chi connectivity index (χ0v) is 11.7. The second-order valence-corrected chi connectivity index (χ2v) is 5.81. The van der Waals surface area contributed by atoms with Crippen molar-refractivity contribution < 1.29 is 13.5 Å². The van der Waals surface area contributed by atoms with Crippen LogP contribution < -0.4 is 3.96 Å². The number of hydrogen-bond acceptors (Lipinski definition) is 3. The highest BCUT2D eigenvalue weighted by molar-refractivity contribution is 7.02. The number of aromatic nitrogens is 1. The summed E-state index contributed by atoms with van der Waals surface area (Å²) in [7, 11) is 1.40. The van der Waals surface area contributed by atoms with Crippen LogP contribution in [-0.4, -0.2) is 13.1 Å². The van der Waals surface area contributed by atoms with E-state index in [-0.39, 0.29) is 5.97 Å². The fraction of sp³-hybridized carbons (Fsp3) is 0.333. The van der Waals surface area contributed by atoms with Gasteiger partial charge >= 0.3 is 5.97 Å². The average molecular weight is 274 g/mol. The molecule has 1 aromatic heterocycles. The third-order valence-electron chi connectivity index (χ3n) is 3.48. The van der Waals surface area contributed by atoms with Gasteiger partial charge < -0.3 is 4.74 Å². The minimum absolute atomic E-state index is 0.290. The molecule has 0 unspecified atom stereocenters. The number of benzene rings is 1. The van der Waals surface area contributed by atoms with Crippen molar-refractivity contribution in [2.75, 3.05) is 7.11 Å². The van der Waals surface area contributed by atoms with Crippen LogP contribution in [-0.2, 0) is 17.6 Å². The van der Waals surface area contributed by atoms with Crippen molar-refractivity contribution in [3.63, 3.8) is 0 Å². The minimum atomic E-state index is -0.290. The first kappa shape index (κ1) is 12.4. The summed E-state index contributed by atoms with van der Waals surface area (Å²) in [5, 5.41) is 0. The summed E-state index contributed by atoms with van der Waals surface area (Å²) in [5.41, 5.74) is 3.17. The van der Waals surface area contributed by atoms with Crippen molar-refractivity contribution in [3.8, 4) is 5.69 Å². The number of carbonyl (C=O) groups excluding carboxylic acids is 1. The molecule has 19 heavy (non-hydrogen) atoms. The molecule has 1 heterocycles. The van der Waals surface area contributed by atoms with Crippen LogP contribution in [0.2, 0.25) is 0 Å². The molecule has 0 spiro atoms. The van der Waals surface area contributed by atoms with E-state index in [1.54, 1.807) is 0 Å². The Bertz CT molecular complexity index is 578. The van der Waals surface area contributed by atoms with Crippen molar-refractivity contribution >= 4 is 17.5 Å². The molecule has 0 amide bonds. The Kier molecular flexibility index (Phi) is 3.34. The molecule has 1 aliphatic rings. The molecule has 0 radical (unpaired) electrons. The first-order valence-electron chi connectivity index (χ1n) is 6.50. The second-order valence-electron chi connectivity index (χ2n) is 4.74. The van der Waals surface area contributed by atoms with Crippen molar-refractivity contribution in [2.45, 2.75) is 25.7 Å². The Morgan fingerprint density at radius 1 is 1.21 bits per heavy atom. The standard InChI is InChI=1S/C15H16NO2S/c1-18-15(17)11-6-8-13(9-7-11)16-10-12-4-2-3-5-14(12)19-16/h6-10H,2-5H2,1H3/q+1. The summed E-state index contributed by atoms with van der Waals surface area (Å²) in [5.74, 6) is -0.290. The number of nitrogens with zero attached hydrogens (tertiary/aromatic N) is 1. The normalized spacial score (nSPS) is 13.9. The van der Waals surface area contributed by atoms with E-state index >= 15 is 0 Å². The number of aryl methyl sites for hydroxylation is 2. The molecule has 0 bridgehead atoms. The molecule has 3 nitrogen and oxygen atoms in total. The maximum atomic E-state index is 11.4. The molecule has 0 N–H and O–H groups in total. The lowest BCUT2D eigenvalue weighted by molar-refractivity contribution is -0.520. The maximum Gasteiger partial charge on any atom is 0.337 e. The molecular weight excluding hydrogens is 258 g/mol. The smallest absolute Gasteiger partial charge is 0.337 e. The maximum absolute atomic E-state index is 11.4. The van der Waals surface area contributed by atoms with Crippen LogP contribution in [0.25, 0.3) is 5.69 Å². The number of esters is 1. The quantitative estimate of drug-likeness (QED) is 0.622. The zero-order valence-electron chi connectivity index (χ0n) is 10.9. The molecule has 0 saturated heterocycles. The molecule has 2 aromatic rings. The van der Waals surface area contributed by atoms with Gasteiger partial charge in [0.25, 0.3) is 0 Å². The van der Waals surface area contributed by atoms with Gasteiger partial charge in [0.1, 0.15) is 11.5 Å². The first-order chi connectivity index (χ1) is 9.28. The number of hydrogen-bond donors (Lipinski definition) is 0. The van der Waals surface area contributed by atoms with E-state index in [4.69, 9.17) is 4.74 Å². The van der Waals surface area contributed by atoms with Gasteiger partial charge in [0, 0.05) is 17.7 Å². The number of methoxy groups -OCH3 is 1. The van der Waals surface area contributed by atoms with Crippen LogP contribution in [0.5, 0.6) is 0 Å². The summed E-state index contributed by atoms with van der Waals surface area (Å²) >= 11 is 1.81. The van der Waals surface area contributed by atoms with Gasteiger partial charge in [-0.15, -0.1) is 3.96 Å². The molecule has 4 heteroatoms. The zero-order chi connectivity index (χ0) is 13.2. The molecule has 0 atom stereocenters. The molecule has 0 saturated carbocycles. The van der Waals surface area contributed by atoms with Crippen LogP contribution in [0.4, 0.5) is 0 Å². The first-order valence-corrected chi connectivity index (χ1v) is 7.28. The highest BCUT2D eigenvalue weighted by atomic mass is 32.1. The van der Waals surface area contributed by atoms with Crippen LogP contribution in [0.15, 0.2) is 30.5 Å². The number of fused-ring (bicyclic) bond motifs is 1. The van der Waals surface area contributed by atoms with Gasteiger partial charge in [0.2, 0.25) is 5.69 Å². The van der Waals surface area contributed by atoms with Crippen molar-refractivity contribution in [1.82, 2.24) is 0 Å². The van der Waals surface area contributed by atoms with Crippen LogP contribution >= 0.6 is 11.5 Å². The van der Waals surface area contributed by atoms with Gasteiger partial charge in [-0.3, -0.25) is 0 Å². The van der Waals surface area contributed by atoms with E-state index in [1.165, 1.54) is 43.2 Å². The SMILES string of the molecule is COC(=O)c1ccc(-[n+]2cc3c(s2)CCCC3)cc1. The lowest BCUT2D eigenvalue weighted by Gasteiger charge is -2.04. The molecule has 0 aliphatic heterocycles. The summed E-state index contributed by atoms with van der Waals surface area (Å²) in [6.45, 7) is 0. The molecular formula is C15H16NO2S+. The molecule has 98 valence electrons. The van der Waals surface area contributed by atoms with Crippen LogP contribution in [0, 0.1) is 0 Å². The van der Waals surface area contributed by atoms with E-state index < -0.39 is 0 Å². The highest BCUT2D eigenvalue weighted by Crippen LogP contribution is 2.24. The fourth-order valence-corrected chi connectivity index (χ4v) is 3.57. The van der Waals surface area contributed by atoms with E-state index in [0.29, 0.717) is 5.56 Å². The second kappa shape index (κ2) is 5.13. The monoisotopic (exact) mass is 274 g/mol. The Morgan fingerprint density at radius 3 is 2.63 bits per heavy atom. The largest absolute Gasteiger partial charge is 0.465 e. The van der Waals surface area contributed by atoms with Gasteiger partial charge in [0.05, 0.1) is 17.6 Å². The van der Waals surface area contributed by atoms with Gasteiger partial charge in [-0.1, -0.05) is 0 Å². The van der Waals surface area contributed by atoms with Gasteiger partial charge in [0.15, 0.2) is 6.20 Å². The van der Waals surface area contributed by atoms with Crippen molar-refractivity contribution in [2.24, 2.45) is 0 Å². The fourth-order valence-electron chi connectivity index (χ4n) is 2.42. The van der Waals surface area contributed by atoms with Gasteiger partial charge in [-0.2, -0.15) is 0 Å². The van der Waals surface area contributed by atoms with E-state index in [9.17, 15) is 4.79 Å². The Hall–Kier alpha value is -1.68. The lowest BCUT2D eigenvalue weighted by Crippen LogP contribution is -2.23. The van der Waals surface area contributed by atoms with E-state index in [0.717, 1.165) is 5.69 Å². The van der Waals surface area contributed by atoms with Crippen molar-refractivity contribution in [3.05, 3.63) is 46.5 Å². The third kappa shape index (κ3) is 2.40. The van der Waals surface area contributed by atoms with Crippen LogP contribution in [0.3, 0.4) is 0 Å². The summed E-state index contributed by atoms with van der Waals surface area (Å²) in [6, 6.07) is 7.56. The topological polar surface area (TPSA) is 30.2 Å². The van der Waals surface area contributed by atoms with Gasteiger partial charge in [-0.05, 0) is 37.8 Å². The van der Waals surface area contributed by atoms with E-state index in [2.05, 4.69) is 10.2 Å². The Balaban J connectivity index is 1.89. The Morgan fingerprint density at radius 2 is 1.95 bits per heavy atom. The summed E-state index contributed by atoms with van der Waals surface area (Å²) < 4.78 is 6.90. The minimum Gasteiger partial charge on any atom is -0.465 e. The molecule has 1 aliphatic carbocycles.